The van der Waals surface area contributed by atoms with Crippen molar-refractivity contribution in [2.45, 2.75) is 12.5 Å². The number of ether oxygens (including phenoxy) is 1. The van der Waals surface area contributed by atoms with E-state index in [2.05, 4.69) is 14.8 Å². The molecule has 0 fully saturated rings. The Hall–Kier alpha value is -1.60. The summed E-state index contributed by atoms with van der Waals surface area (Å²) in [6.07, 6.45) is -2.09. The van der Waals surface area contributed by atoms with Crippen molar-refractivity contribution in [3.63, 3.8) is 0 Å². The summed E-state index contributed by atoms with van der Waals surface area (Å²) in [5.41, 5.74) is 0. The lowest BCUT2D eigenvalue weighted by atomic mass is 10.3. The van der Waals surface area contributed by atoms with E-state index in [1.54, 1.807) is 0 Å². The molecule has 1 aromatic heterocycles. The molecule has 1 aromatic rings. The van der Waals surface area contributed by atoms with Crippen LogP contribution in [0.5, 0.6) is 0 Å². The Kier molecular flexibility index (Phi) is 3.64. The smallest absolute Gasteiger partial charge is 0.375 e. The lowest BCUT2D eigenvalue weighted by molar-refractivity contribution is 0.0483. The molecule has 0 aliphatic heterocycles. The Balaban J connectivity index is 3.02. The highest BCUT2D eigenvalue weighted by Gasteiger charge is 2.28. The van der Waals surface area contributed by atoms with Crippen LogP contribution < -0.4 is 0 Å². The van der Waals surface area contributed by atoms with Gasteiger partial charge in [-0.2, -0.15) is 5.10 Å². The van der Waals surface area contributed by atoms with Gasteiger partial charge in [0.15, 0.2) is 0 Å². The van der Waals surface area contributed by atoms with E-state index in [1.165, 1.54) is 0 Å². The number of nitrogens with zero attached hydrogens (tertiary/aromatic N) is 3. The summed E-state index contributed by atoms with van der Waals surface area (Å²) in [4.78, 5) is 14.4. The first-order valence-electron chi connectivity index (χ1n) is 3.93. The van der Waals surface area contributed by atoms with Crippen molar-refractivity contribution >= 4 is 5.97 Å². The van der Waals surface area contributed by atoms with E-state index in [0.29, 0.717) is 4.68 Å². The molecule has 1 atom stereocenters. The second-order valence-electron chi connectivity index (χ2n) is 2.58. The molecule has 5 nitrogen and oxygen atoms in total. The van der Waals surface area contributed by atoms with Crippen molar-refractivity contribution in [3.05, 3.63) is 12.2 Å². The average molecular weight is 223 g/mol. The number of alkyl halides is 3. The van der Waals surface area contributed by atoms with Gasteiger partial charge in [0.25, 0.3) is 6.43 Å². The molecular formula is C7H8F3N3O2. The number of carbonyl (C=O) groups excluding carboxylic acids is 1. The molecule has 84 valence electrons. The van der Waals surface area contributed by atoms with Crippen molar-refractivity contribution < 1.29 is 22.7 Å². The molecule has 0 saturated carbocycles. The highest BCUT2D eigenvalue weighted by atomic mass is 19.3. The Bertz CT molecular complexity index is 342. The highest BCUT2D eigenvalue weighted by Crippen LogP contribution is 2.17. The highest BCUT2D eigenvalue weighted by molar-refractivity contribution is 5.85. The number of rotatable bonds is 4. The summed E-state index contributed by atoms with van der Waals surface area (Å²) < 4.78 is 41.8. The van der Waals surface area contributed by atoms with E-state index in [9.17, 15) is 18.0 Å². The van der Waals surface area contributed by atoms with Crippen LogP contribution in [0.2, 0.25) is 0 Å². The molecule has 1 unspecified atom stereocenters. The third kappa shape index (κ3) is 2.25. The fourth-order valence-corrected chi connectivity index (χ4v) is 0.970. The van der Waals surface area contributed by atoms with E-state index in [0.717, 1.165) is 13.4 Å². The molecule has 0 aliphatic rings. The molecule has 0 saturated heterocycles. The van der Waals surface area contributed by atoms with Gasteiger partial charge in [0, 0.05) is 0 Å². The maximum absolute atomic E-state index is 12.3. The third-order valence-electron chi connectivity index (χ3n) is 1.70. The van der Waals surface area contributed by atoms with Gasteiger partial charge in [0.1, 0.15) is 19.0 Å². The van der Waals surface area contributed by atoms with Crippen LogP contribution in [0.3, 0.4) is 0 Å². The molecule has 0 spiro atoms. The van der Waals surface area contributed by atoms with E-state index in [4.69, 9.17) is 0 Å². The molecule has 1 rings (SSSR count). The molecule has 0 bridgehead atoms. The molecule has 15 heavy (non-hydrogen) atoms. The van der Waals surface area contributed by atoms with Crippen LogP contribution in [0.1, 0.15) is 16.7 Å². The second kappa shape index (κ2) is 4.76. The van der Waals surface area contributed by atoms with Gasteiger partial charge < -0.3 is 4.74 Å². The number of aromatic nitrogens is 3. The first kappa shape index (κ1) is 11.5. The van der Waals surface area contributed by atoms with Crippen LogP contribution in [0, 0.1) is 0 Å². The number of hydrogen-bond donors (Lipinski definition) is 0. The number of methoxy groups -OCH3 is 1. The molecule has 0 radical (unpaired) electrons. The maximum Gasteiger partial charge on any atom is 0.375 e. The predicted molar refractivity (Wildman–Crippen MR) is 42.4 cm³/mol. The van der Waals surface area contributed by atoms with E-state index in [-0.39, 0.29) is 0 Å². The fourth-order valence-electron chi connectivity index (χ4n) is 0.970. The lowest BCUT2D eigenvalue weighted by Gasteiger charge is -2.13. The lowest BCUT2D eigenvalue weighted by Crippen LogP contribution is -2.25. The molecule has 1 heterocycles. The van der Waals surface area contributed by atoms with Gasteiger partial charge in [-0.1, -0.05) is 0 Å². The quantitative estimate of drug-likeness (QED) is 0.710. The van der Waals surface area contributed by atoms with Crippen LogP contribution in [-0.4, -0.2) is 40.9 Å². The van der Waals surface area contributed by atoms with Crippen molar-refractivity contribution in [2.24, 2.45) is 0 Å². The molecule has 8 heteroatoms. The van der Waals surface area contributed by atoms with E-state index >= 15 is 0 Å². The van der Waals surface area contributed by atoms with Crippen molar-refractivity contribution in [1.29, 1.82) is 0 Å². The minimum absolute atomic E-state index is 0.444. The maximum atomic E-state index is 12.3. The summed E-state index contributed by atoms with van der Waals surface area (Å²) in [6, 6.07) is -1.82. The molecule has 0 aliphatic carbocycles. The SMILES string of the molecule is COC(=O)c1ncnn1C(CF)C(F)F. The Morgan fingerprint density at radius 2 is 2.33 bits per heavy atom. The largest absolute Gasteiger partial charge is 0.463 e. The first-order valence-corrected chi connectivity index (χ1v) is 3.93. The first-order chi connectivity index (χ1) is 7.11. The summed E-state index contributed by atoms with van der Waals surface area (Å²) in [5.74, 6) is -1.38. The number of esters is 1. The van der Waals surface area contributed by atoms with Crippen LogP contribution in [0.15, 0.2) is 6.33 Å². The zero-order valence-corrected chi connectivity index (χ0v) is 7.73. The Morgan fingerprint density at radius 1 is 1.67 bits per heavy atom. The third-order valence-corrected chi connectivity index (χ3v) is 1.70. The van der Waals surface area contributed by atoms with E-state index in [1.807, 2.05) is 0 Å². The zero-order valence-electron chi connectivity index (χ0n) is 7.73. The second-order valence-corrected chi connectivity index (χ2v) is 2.58. The minimum atomic E-state index is -2.97. The van der Waals surface area contributed by atoms with Crippen LogP contribution in [0.25, 0.3) is 0 Å². The zero-order chi connectivity index (χ0) is 11.4. The van der Waals surface area contributed by atoms with Crippen molar-refractivity contribution in [1.82, 2.24) is 14.8 Å². The van der Waals surface area contributed by atoms with Crippen molar-refractivity contribution in [3.8, 4) is 0 Å². The van der Waals surface area contributed by atoms with Gasteiger partial charge in [-0.05, 0) is 0 Å². The van der Waals surface area contributed by atoms with Gasteiger partial charge in [0.05, 0.1) is 7.11 Å². The summed E-state index contributed by atoms with van der Waals surface area (Å²) >= 11 is 0. The Labute approximate surface area is 82.9 Å². The molecule has 0 aromatic carbocycles. The van der Waals surface area contributed by atoms with Gasteiger partial charge in [0.2, 0.25) is 5.82 Å². The predicted octanol–water partition coefficient (Wildman–Crippen LogP) is 0.840. The van der Waals surface area contributed by atoms with Crippen LogP contribution in [-0.2, 0) is 4.74 Å². The fraction of sp³-hybridized carbons (Fsp3) is 0.571. The van der Waals surface area contributed by atoms with Crippen LogP contribution in [0.4, 0.5) is 13.2 Å². The monoisotopic (exact) mass is 223 g/mol. The minimum Gasteiger partial charge on any atom is -0.463 e. The Morgan fingerprint density at radius 3 is 2.80 bits per heavy atom. The van der Waals surface area contributed by atoms with E-state index < -0.39 is 30.9 Å². The normalized spacial score (nSPS) is 12.9. The van der Waals surface area contributed by atoms with Gasteiger partial charge in [-0.3, -0.25) is 0 Å². The molecular weight excluding hydrogens is 215 g/mol. The summed E-state index contributed by atoms with van der Waals surface area (Å²) in [7, 11) is 1.06. The topological polar surface area (TPSA) is 57.0 Å². The molecule has 0 amide bonds. The van der Waals surface area contributed by atoms with Crippen LogP contribution >= 0.6 is 0 Å². The number of carbonyl (C=O) groups is 1. The summed E-state index contributed by atoms with van der Waals surface area (Å²) in [6.45, 7) is -1.34. The number of hydrogen-bond acceptors (Lipinski definition) is 4. The van der Waals surface area contributed by atoms with Gasteiger partial charge >= 0.3 is 5.97 Å². The average Bonchev–Trinajstić information content (AvgIpc) is 2.66. The summed E-state index contributed by atoms with van der Waals surface area (Å²) in [5, 5.41) is 3.36. The standard InChI is InChI=1S/C7H8F3N3O2/c1-15-7(14)6-11-3-12-13(6)4(2-8)5(9)10/h3-5H,2H2,1H3. The van der Waals surface area contributed by atoms with Gasteiger partial charge in [-0.15, -0.1) is 0 Å². The molecule has 0 N–H and O–H groups in total. The van der Waals surface area contributed by atoms with Crippen molar-refractivity contribution in [2.75, 3.05) is 13.8 Å². The number of halogens is 3. The van der Waals surface area contributed by atoms with Gasteiger partial charge in [-0.25, -0.2) is 27.6 Å².